The van der Waals surface area contributed by atoms with Crippen molar-refractivity contribution in [3.05, 3.63) is 63.3 Å². The molecular weight excluding hydrogens is 300 g/mol. The van der Waals surface area contributed by atoms with Gasteiger partial charge < -0.3 is 4.90 Å². The Morgan fingerprint density at radius 1 is 1.38 bits per heavy atom. The molecule has 2 rings (SSSR count). The molecule has 122 valence electrons. The van der Waals surface area contributed by atoms with E-state index in [1.54, 1.807) is 6.92 Å². The third-order valence-corrected chi connectivity index (χ3v) is 4.65. The molecule has 24 heavy (non-hydrogen) atoms. The average Bonchev–Trinajstić information content (AvgIpc) is 2.59. The van der Waals surface area contributed by atoms with Crippen molar-refractivity contribution in [2.75, 3.05) is 20.1 Å². The summed E-state index contributed by atoms with van der Waals surface area (Å²) in [6, 6.07) is 3.89. The second kappa shape index (κ2) is 7.10. The monoisotopic (exact) mass is 320 g/mol. The van der Waals surface area contributed by atoms with Gasteiger partial charge in [-0.05, 0) is 29.7 Å². The zero-order chi connectivity index (χ0) is 17.7. The number of hydrogen-bond acceptors (Lipinski definition) is 5. The first-order chi connectivity index (χ1) is 11.4. The minimum absolute atomic E-state index is 0.129. The van der Waals surface area contributed by atoms with Crippen LogP contribution in [0.25, 0.3) is 0 Å². The van der Waals surface area contributed by atoms with Crippen LogP contribution in [0.5, 0.6) is 0 Å². The highest BCUT2D eigenvalue weighted by atomic mass is 16.3. The Morgan fingerprint density at radius 2 is 2.08 bits per heavy atom. The van der Waals surface area contributed by atoms with Gasteiger partial charge in [-0.25, -0.2) is 0 Å². The van der Waals surface area contributed by atoms with E-state index in [0.717, 1.165) is 23.3 Å². The Balaban J connectivity index is 2.34. The van der Waals surface area contributed by atoms with Gasteiger partial charge in [0.25, 0.3) is 0 Å². The van der Waals surface area contributed by atoms with Gasteiger partial charge in [0.1, 0.15) is 17.7 Å². The van der Waals surface area contributed by atoms with Crippen LogP contribution in [0.3, 0.4) is 0 Å². The number of nitrogens with zero attached hydrogens (tertiary/aromatic N) is 4. The van der Waals surface area contributed by atoms with E-state index in [9.17, 15) is 4.91 Å². The van der Waals surface area contributed by atoms with E-state index >= 15 is 0 Å². The molecule has 0 spiro atoms. The van der Waals surface area contributed by atoms with Crippen molar-refractivity contribution in [1.29, 1.82) is 10.5 Å². The van der Waals surface area contributed by atoms with Crippen LogP contribution in [0.2, 0.25) is 0 Å². The van der Waals surface area contributed by atoms with E-state index in [4.69, 9.17) is 10.5 Å². The van der Waals surface area contributed by atoms with Crippen molar-refractivity contribution < 1.29 is 0 Å². The summed E-state index contributed by atoms with van der Waals surface area (Å²) in [7, 11) is 1.96. The summed E-state index contributed by atoms with van der Waals surface area (Å²) in [5.74, 6) is 0. The van der Waals surface area contributed by atoms with E-state index in [2.05, 4.69) is 35.2 Å². The number of rotatable bonds is 5. The fourth-order valence-corrected chi connectivity index (χ4v) is 2.94. The van der Waals surface area contributed by atoms with Crippen molar-refractivity contribution >= 4 is 0 Å². The van der Waals surface area contributed by atoms with E-state index in [1.807, 2.05) is 31.3 Å². The summed E-state index contributed by atoms with van der Waals surface area (Å²) >= 11 is 0. The summed E-state index contributed by atoms with van der Waals surface area (Å²) in [6.07, 6.45) is 11.1. The standard InChI is InChI=1S/C19H20N4O/c1-14(16(12-20)13-21)15-6-7-19(2)11-18(5-4-17(19)10-15)23(3)9-8-22-24/h4-7,10H,8-9,11H2,1-3H3. The number of nitroso groups, excluding NO2 is 1. The first-order valence-electron chi connectivity index (χ1n) is 7.79. The second-order valence-electron chi connectivity index (χ2n) is 6.31. The molecule has 1 unspecified atom stereocenters. The Labute approximate surface area is 142 Å². The fourth-order valence-electron chi connectivity index (χ4n) is 2.94. The third kappa shape index (κ3) is 3.36. The van der Waals surface area contributed by atoms with Crippen molar-refractivity contribution in [3.63, 3.8) is 0 Å². The lowest BCUT2D eigenvalue weighted by Gasteiger charge is -2.37. The third-order valence-electron chi connectivity index (χ3n) is 4.65. The van der Waals surface area contributed by atoms with Gasteiger partial charge in [-0.15, -0.1) is 0 Å². The number of likely N-dealkylation sites (N-methyl/N-ethyl adjacent to an activating group) is 1. The maximum absolute atomic E-state index is 10.3. The highest BCUT2D eigenvalue weighted by Crippen LogP contribution is 2.44. The maximum Gasteiger partial charge on any atom is 0.133 e. The normalized spacial score (nSPS) is 21.3. The molecule has 0 aromatic rings. The van der Waals surface area contributed by atoms with Crippen LogP contribution in [-0.2, 0) is 0 Å². The summed E-state index contributed by atoms with van der Waals surface area (Å²) < 4.78 is 0. The number of allylic oxidation sites excluding steroid dienone is 10. The average molecular weight is 320 g/mol. The van der Waals surface area contributed by atoms with Crippen molar-refractivity contribution in [1.82, 2.24) is 4.90 Å². The molecule has 5 nitrogen and oxygen atoms in total. The molecule has 2 aliphatic carbocycles. The fraction of sp³-hybridized carbons (Fsp3) is 0.368. The summed E-state index contributed by atoms with van der Waals surface area (Å²) in [5, 5.41) is 21.0. The molecule has 2 aliphatic rings. The minimum Gasteiger partial charge on any atom is -0.376 e. The minimum atomic E-state index is -0.129. The number of fused-ring (bicyclic) bond motifs is 1. The number of hydrogen-bond donors (Lipinski definition) is 0. The lowest BCUT2D eigenvalue weighted by Crippen LogP contribution is -2.29. The van der Waals surface area contributed by atoms with Gasteiger partial charge in [0, 0.05) is 31.1 Å². The molecule has 0 amide bonds. The molecular formula is C19H20N4O. The zero-order valence-electron chi connectivity index (χ0n) is 14.2. The summed E-state index contributed by atoms with van der Waals surface area (Å²) in [4.78, 5) is 12.4. The van der Waals surface area contributed by atoms with Crippen LogP contribution < -0.4 is 0 Å². The van der Waals surface area contributed by atoms with E-state index in [-0.39, 0.29) is 17.5 Å². The predicted octanol–water partition coefficient (Wildman–Crippen LogP) is 3.76. The van der Waals surface area contributed by atoms with Crippen molar-refractivity contribution in [2.24, 2.45) is 10.6 Å². The van der Waals surface area contributed by atoms with Gasteiger partial charge in [0.15, 0.2) is 0 Å². The molecule has 0 aromatic carbocycles. The lowest BCUT2D eigenvalue weighted by molar-refractivity contribution is 0.364. The Kier molecular flexibility index (Phi) is 5.16. The molecule has 0 aromatic heterocycles. The van der Waals surface area contributed by atoms with Crippen LogP contribution in [-0.4, -0.2) is 25.0 Å². The van der Waals surface area contributed by atoms with Crippen molar-refractivity contribution in [2.45, 2.75) is 20.3 Å². The molecule has 0 saturated heterocycles. The van der Waals surface area contributed by atoms with Crippen molar-refractivity contribution in [3.8, 4) is 12.1 Å². The van der Waals surface area contributed by atoms with E-state index in [1.165, 1.54) is 0 Å². The SMILES string of the molecule is CC(C1=CC2=CC=C(N(C)CCN=O)CC2(C)C=C1)=C(C#N)C#N. The van der Waals surface area contributed by atoms with Gasteiger partial charge in [0.2, 0.25) is 0 Å². The highest BCUT2D eigenvalue weighted by Gasteiger charge is 2.32. The second-order valence-corrected chi connectivity index (χ2v) is 6.31. The van der Waals surface area contributed by atoms with E-state index < -0.39 is 0 Å². The summed E-state index contributed by atoms with van der Waals surface area (Å²) in [5.41, 5.74) is 3.92. The first kappa shape index (κ1) is 17.4. The van der Waals surface area contributed by atoms with Gasteiger partial charge in [0.05, 0.1) is 6.54 Å². The van der Waals surface area contributed by atoms with Gasteiger partial charge >= 0.3 is 0 Å². The predicted molar refractivity (Wildman–Crippen MR) is 93.3 cm³/mol. The topological polar surface area (TPSA) is 80.2 Å². The summed E-state index contributed by atoms with van der Waals surface area (Å²) in [6.45, 7) is 4.84. The van der Waals surface area contributed by atoms with Gasteiger partial charge in [-0.2, -0.15) is 15.4 Å². The molecule has 5 heteroatoms. The Hall–Kier alpha value is -2.92. The zero-order valence-corrected chi connectivity index (χ0v) is 14.2. The van der Waals surface area contributed by atoms with Crippen LogP contribution in [0.4, 0.5) is 0 Å². The van der Waals surface area contributed by atoms with Crippen LogP contribution in [0.1, 0.15) is 20.3 Å². The lowest BCUT2D eigenvalue weighted by atomic mass is 9.71. The van der Waals surface area contributed by atoms with Crippen LogP contribution >= 0.6 is 0 Å². The van der Waals surface area contributed by atoms with Gasteiger partial charge in [-0.1, -0.05) is 36.4 Å². The van der Waals surface area contributed by atoms with Crippen LogP contribution in [0, 0.1) is 33.0 Å². The Morgan fingerprint density at radius 3 is 2.71 bits per heavy atom. The molecule has 0 bridgehead atoms. The van der Waals surface area contributed by atoms with Gasteiger partial charge in [-0.3, -0.25) is 0 Å². The smallest absolute Gasteiger partial charge is 0.133 e. The number of nitriles is 2. The molecule has 0 saturated carbocycles. The van der Waals surface area contributed by atoms with Crippen LogP contribution in [0.15, 0.2) is 63.5 Å². The first-order valence-corrected chi connectivity index (χ1v) is 7.79. The molecule has 0 fully saturated rings. The quantitative estimate of drug-likeness (QED) is 0.570. The molecule has 0 heterocycles. The molecule has 0 aliphatic heterocycles. The molecule has 0 radical (unpaired) electrons. The molecule has 1 atom stereocenters. The van der Waals surface area contributed by atoms with E-state index in [0.29, 0.717) is 12.1 Å². The largest absolute Gasteiger partial charge is 0.376 e. The Bertz CT molecular complexity index is 767. The highest BCUT2D eigenvalue weighted by molar-refractivity contribution is 5.58. The molecule has 0 N–H and O–H groups in total. The maximum atomic E-state index is 10.3.